The van der Waals surface area contributed by atoms with Crippen molar-refractivity contribution >= 4 is 27.6 Å². The summed E-state index contributed by atoms with van der Waals surface area (Å²) < 4.78 is 1.81. The molecule has 2 nitrogen and oxygen atoms in total. The van der Waals surface area contributed by atoms with Gasteiger partial charge in [0.15, 0.2) is 0 Å². The van der Waals surface area contributed by atoms with Gasteiger partial charge in [0, 0.05) is 29.0 Å². The predicted molar refractivity (Wildman–Crippen MR) is 103 cm³/mol. The number of hydrogen-bond donors (Lipinski definition) is 0. The van der Waals surface area contributed by atoms with Crippen LogP contribution in [0.5, 0.6) is 0 Å². The number of pyridine rings is 1. The number of aromatic nitrogens is 1. The molecule has 4 aromatic rings. The van der Waals surface area contributed by atoms with Gasteiger partial charge in [0.2, 0.25) is 0 Å². The number of benzene rings is 3. The van der Waals surface area contributed by atoms with Crippen molar-refractivity contribution in [3.05, 3.63) is 100 Å². The fourth-order valence-corrected chi connectivity index (χ4v) is 3.76. The molecule has 0 N–H and O–H groups in total. The van der Waals surface area contributed by atoms with E-state index in [9.17, 15) is 4.79 Å². The molecule has 0 spiro atoms. The van der Waals surface area contributed by atoms with E-state index < -0.39 is 0 Å². The zero-order valence-corrected chi connectivity index (χ0v) is 13.6. The van der Waals surface area contributed by atoms with Crippen LogP contribution in [0.15, 0.2) is 83.3 Å². The Balaban J connectivity index is 2.04. The summed E-state index contributed by atoms with van der Waals surface area (Å²) in [6.07, 6.45) is 4.74. The van der Waals surface area contributed by atoms with Crippen molar-refractivity contribution in [3.8, 4) is 5.69 Å². The molecule has 0 saturated heterocycles. The molecule has 0 atom stereocenters. The van der Waals surface area contributed by atoms with Gasteiger partial charge < -0.3 is 0 Å². The Kier molecular flexibility index (Phi) is 3.00. The summed E-state index contributed by atoms with van der Waals surface area (Å²) >= 11 is 0. The lowest BCUT2D eigenvalue weighted by atomic mass is 9.93. The molecule has 1 heterocycles. The van der Waals surface area contributed by atoms with Crippen molar-refractivity contribution in [3.63, 3.8) is 0 Å². The topological polar surface area (TPSA) is 22.0 Å². The van der Waals surface area contributed by atoms with Crippen molar-refractivity contribution < 1.29 is 0 Å². The molecule has 1 aliphatic rings. The Morgan fingerprint density at radius 3 is 2.52 bits per heavy atom. The Morgan fingerprint density at radius 1 is 0.840 bits per heavy atom. The summed E-state index contributed by atoms with van der Waals surface area (Å²) in [5.74, 6) is 0. The second-order valence-corrected chi connectivity index (χ2v) is 6.27. The first-order chi connectivity index (χ1) is 12.3. The lowest BCUT2D eigenvalue weighted by Crippen LogP contribution is -2.23. The standard InChI is InChI=1S/C23H15NO/c25-23-20-15-14-16-8-4-5-11-18(16)22(20)19-12-6-7-13-21(19)24(23)17-9-2-1-3-10-17/h1-6,8-11,13-15H,12H2. The molecule has 0 unspecified atom stereocenters. The quantitative estimate of drug-likeness (QED) is 0.362. The van der Waals surface area contributed by atoms with Gasteiger partial charge in [-0.2, -0.15) is 0 Å². The third-order valence-electron chi connectivity index (χ3n) is 4.87. The lowest BCUT2D eigenvalue weighted by molar-refractivity contribution is 0.967. The van der Waals surface area contributed by atoms with E-state index in [4.69, 9.17) is 0 Å². The van der Waals surface area contributed by atoms with Crippen molar-refractivity contribution in [2.24, 2.45) is 0 Å². The second kappa shape index (κ2) is 5.34. The van der Waals surface area contributed by atoms with E-state index in [-0.39, 0.29) is 5.56 Å². The van der Waals surface area contributed by atoms with Crippen LogP contribution in [0.2, 0.25) is 0 Å². The Labute approximate surface area is 145 Å². The monoisotopic (exact) mass is 321 g/mol. The highest BCUT2D eigenvalue weighted by Gasteiger charge is 2.18. The summed E-state index contributed by atoms with van der Waals surface area (Å²) in [5, 5.41) is 4.13. The summed E-state index contributed by atoms with van der Waals surface area (Å²) in [4.78, 5) is 13.3. The molecule has 0 aliphatic heterocycles. The first kappa shape index (κ1) is 14.0. The van der Waals surface area contributed by atoms with Gasteiger partial charge in [-0.05, 0) is 40.6 Å². The van der Waals surface area contributed by atoms with Crippen LogP contribution in [0.4, 0.5) is 0 Å². The van der Waals surface area contributed by atoms with Gasteiger partial charge in [0.25, 0.3) is 5.56 Å². The van der Waals surface area contributed by atoms with Crippen LogP contribution in [0.1, 0.15) is 11.3 Å². The highest BCUT2D eigenvalue weighted by molar-refractivity contribution is 6.09. The molecular formula is C23H15NO. The maximum absolute atomic E-state index is 13.3. The van der Waals surface area contributed by atoms with Crippen molar-refractivity contribution in [2.45, 2.75) is 6.42 Å². The molecule has 118 valence electrons. The fraction of sp³-hybridized carbons (Fsp3) is 0.0435. The Morgan fingerprint density at radius 2 is 1.64 bits per heavy atom. The van der Waals surface area contributed by atoms with E-state index in [0.29, 0.717) is 0 Å². The average molecular weight is 321 g/mol. The summed E-state index contributed by atoms with van der Waals surface area (Å²) in [6, 6.07) is 22.1. The van der Waals surface area contributed by atoms with E-state index in [2.05, 4.69) is 17.9 Å². The third kappa shape index (κ3) is 2.02. The van der Waals surface area contributed by atoms with E-state index in [1.807, 2.05) is 71.3 Å². The summed E-state index contributed by atoms with van der Waals surface area (Å²) in [5.41, 5.74) is 6.21. The van der Waals surface area contributed by atoms with Crippen LogP contribution in [0.25, 0.3) is 33.3 Å². The minimum Gasteiger partial charge on any atom is -0.276 e. The van der Waals surface area contributed by atoms with E-state index >= 15 is 0 Å². The number of nitrogens with zero attached hydrogens (tertiary/aromatic N) is 1. The van der Waals surface area contributed by atoms with Crippen LogP contribution in [-0.2, 0) is 6.42 Å². The Bertz CT molecular complexity index is 1260. The van der Waals surface area contributed by atoms with Gasteiger partial charge in [-0.15, -0.1) is 5.73 Å². The molecule has 0 fully saturated rings. The molecule has 5 rings (SSSR count). The molecular weight excluding hydrogens is 306 g/mol. The highest BCUT2D eigenvalue weighted by Crippen LogP contribution is 2.31. The minimum absolute atomic E-state index is 0.0191. The zero-order chi connectivity index (χ0) is 16.8. The molecule has 3 aromatic carbocycles. The third-order valence-corrected chi connectivity index (χ3v) is 4.87. The van der Waals surface area contributed by atoms with Crippen LogP contribution < -0.4 is 5.56 Å². The number of rotatable bonds is 1. The summed E-state index contributed by atoms with van der Waals surface area (Å²) in [7, 11) is 0. The smallest absolute Gasteiger partial charge is 0.263 e. The SMILES string of the molecule is O=c1c2ccc3ccccc3c2c2c(n1-c1ccccc1)C=C=CC2. The molecule has 1 aromatic heterocycles. The van der Waals surface area contributed by atoms with E-state index in [1.165, 1.54) is 5.56 Å². The summed E-state index contributed by atoms with van der Waals surface area (Å²) in [6.45, 7) is 0. The maximum atomic E-state index is 13.3. The molecule has 0 bridgehead atoms. The fourth-order valence-electron chi connectivity index (χ4n) is 3.76. The van der Waals surface area contributed by atoms with Crippen LogP contribution in [0.3, 0.4) is 0 Å². The van der Waals surface area contributed by atoms with E-state index in [1.54, 1.807) is 0 Å². The average Bonchev–Trinajstić information content (AvgIpc) is 2.68. The second-order valence-electron chi connectivity index (χ2n) is 6.27. The first-order valence-corrected chi connectivity index (χ1v) is 8.40. The van der Waals surface area contributed by atoms with E-state index in [0.717, 1.165) is 39.3 Å². The Hall–Kier alpha value is -3.35. The molecule has 0 amide bonds. The number of fused-ring (bicyclic) bond motifs is 5. The molecule has 0 radical (unpaired) electrons. The van der Waals surface area contributed by atoms with Gasteiger partial charge in [-0.3, -0.25) is 9.36 Å². The largest absolute Gasteiger partial charge is 0.276 e. The van der Waals surface area contributed by atoms with Gasteiger partial charge in [0.1, 0.15) is 0 Å². The van der Waals surface area contributed by atoms with Crippen molar-refractivity contribution in [1.82, 2.24) is 4.57 Å². The normalized spacial score (nSPS) is 12.6. The van der Waals surface area contributed by atoms with Crippen LogP contribution >= 0.6 is 0 Å². The van der Waals surface area contributed by atoms with Gasteiger partial charge in [-0.25, -0.2) is 0 Å². The first-order valence-electron chi connectivity index (χ1n) is 8.40. The van der Waals surface area contributed by atoms with Crippen LogP contribution in [-0.4, -0.2) is 4.57 Å². The van der Waals surface area contributed by atoms with Crippen molar-refractivity contribution in [1.29, 1.82) is 0 Å². The molecule has 2 heteroatoms. The molecule has 1 aliphatic carbocycles. The molecule has 25 heavy (non-hydrogen) atoms. The minimum atomic E-state index is 0.0191. The highest BCUT2D eigenvalue weighted by atomic mass is 16.1. The molecule has 0 saturated carbocycles. The van der Waals surface area contributed by atoms with Crippen LogP contribution in [0, 0.1) is 0 Å². The number of hydrogen-bond acceptors (Lipinski definition) is 1. The van der Waals surface area contributed by atoms with Gasteiger partial charge in [0.05, 0.1) is 5.69 Å². The van der Waals surface area contributed by atoms with Gasteiger partial charge >= 0.3 is 0 Å². The van der Waals surface area contributed by atoms with Crippen molar-refractivity contribution in [2.75, 3.05) is 0 Å². The number of allylic oxidation sites excluding steroid dienone is 1. The maximum Gasteiger partial charge on any atom is 0.263 e. The predicted octanol–water partition coefficient (Wildman–Crippen LogP) is 4.87. The van der Waals surface area contributed by atoms with Gasteiger partial charge in [-0.1, -0.05) is 48.5 Å². The zero-order valence-electron chi connectivity index (χ0n) is 13.6. The number of para-hydroxylation sites is 1. The lowest BCUT2D eigenvalue weighted by Gasteiger charge is -2.19.